The number of hydrogen-bond donors (Lipinski definition) is 0. The first kappa shape index (κ1) is 14.5. The molecule has 0 bridgehead atoms. The van der Waals surface area contributed by atoms with Crippen molar-refractivity contribution in [1.82, 2.24) is 0 Å². The summed E-state index contributed by atoms with van der Waals surface area (Å²) in [5.74, 6) is -0.176. The lowest BCUT2D eigenvalue weighted by Crippen LogP contribution is -1.88. The van der Waals surface area contributed by atoms with Crippen molar-refractivity contribution in [2.24, 2.45) is 0 Å². The van der Waals surface area contributed by atoms with Gasteiger partial charge in [0.25, 0.3) is 0 Å². The Hall–Kier alpha value is -2.41. The van der Waals surface area contributed by atoms with Crippen LogP contribution in [0.15, 0.2) is 72.8 Å². The Morgan fingerprint density at radius 1 is 0.727 bits per heavy atom. The molecule has 0 unspecified atom stereocenters. The zero-order chi connectivity index (χ0) is 15.4. The summed E-state index contributed by atoms with van der Waals surface area (Å²) in [6.07, 6.45) is 2.19. The SMILES string of the molecule is CCCc1ccc(-c2ccc(-c3ccccc3)cc2F)cc1. The first-order valence-electron chi connectivity index (χ1n) is 7.72. The number of aryl methyl sites for hydroxylation is 1. The van der Waals surface area contributed by atoms with Gasteiger partial charge in [-0.2, -0.15) is 0 Å². The largest absolute Gasteiger partial charge is 0.206 e. The van der Waals surface area contributed by atoms with Crippen LogP contribution in [0, 0.1) is 5.82 Å². The van der Waals surface area contributed by atoms with Gasteiger partial charge in [-0.1, -0.05) is 80.1 Å². The van der Waals surface area contributed by atoms with Crippen LogP contribution in [-0.4, -0.2) is 0 Å². The maximum Gasteiger partial charge on any atom is 0.131 e. The summed E-state index contributed by atoms with van der Waals surface area (Å²) in [7, 11) is 0. The second-order valence-electron chi connectivity index (χ2n) is 5.51. The van der Waals surface area contributed by atoms with Gasteiger partial charge in [0.05, 0.1) is 0 Å². The minimum Gasteiger partial charge on any atom is -0.206 e. The Bertz CT molecular complexity index is 743. The molecule has 0 saturated carbocycles. The maximum atomic E-state index is 14.5. The van der Waals surface area contributed by atoms with Crippen LogP contribution in [0.4, 0.5) is 4.39 Å². The highest BCUT2D eigenvalue weighted by Crippen LogP contribution is 2.28. The van der Waals surface area contributed by atoms with E-state index in [9.17, 15) is 4.39 Å². The number of rotatable bonds is 4. The molecule has 110 valence electrons. The number of halogens is 1. The van der Waals surface area contributed by atoms with Crippen molar-refractivity contribution in [3.05, 3.63) is 84.2 Å². The summed E-state index contributed by atoms with van der Waals surface area (Å²) in [6.45, 7) is 2.16. The molecule has 0 atom stereocenters. The molecule has 3 aromatic carbocycles. The lowest BCUT2D eigenvalue weighted by atomic mass is 9.98. The van der Waals surface area contributed by atoms with E-state index >= 15 is 0 Å². The molecule has 0 fully saturated rings. The van der Waals surface area contributed by atoms with E-state index in [2.05, 4.69) is 19.1 Å². The third-order valence-corrected chi connectivity index (χ3v) is 3.88. The van der Waals surface area contributed by atoms with E-state index in [0.717, 1.165) is 29.5 Å². The van der Waals surface area contributed by atoms with Crippen molar-refractivity contribution in [3.8, 4) is 22.3 Å². The summed E-state index contributed by atoms with van der Waals surface area (Å²) in [5.41, 5.74) is 4.82. The molecule has 3 aromatic rings. The van der Waals surface area contributed by atoms with Crippen molar-refractivity contribution < 1.29 is 4.39 Å². The zero-order valence-corrected chi connectivity index (χ0v) is 12.7. The van der Waals surface area contributed by atoms with E-state index in [0.29, 0.717) is 5.56 Å². The van der Waals surface area contributed by atoms with Crippen molar-refractivity contribution in [1.29, 1.82) is 0 Å². The molecular formula is C21H19F. The van der Waals surface area contributed by atoms with Gasteiger partial charge >= 0.3 is 0 Å². The zero-order valence-electron chi connectivity index (χ0n) is 12.7. The average Bonchev–Trinajstić information content (AvgIpc) is 2.57. The molecule has 0 heterocycles. The molecule has 0 aliphatic carbocycles. The average molecular weight is 290 g/mol. The van der Waals surface area contributed by atoms with Crippen LogP contribution in [0.2, 0.25) is 0 Å². The fourth-order valence-corrected chi connectivity index (χ4v) is 2.70. The van der Waals surface area contributed by atoms with Gasteiger partial charge in [0.2, 0.25) is 0 Å². The molecule has 0 radical (unpaired) electrons. The molecule has 0 aliphatic heterocycles. The predicted molar refractivity (Wildman–Crippen MR) is 91.3 cm³/mol. The van der Waals surface area contributed by atoms with Gasteiger partial charge in [0.1, 0.15) is 5.82 Å². The minimum absolute atomic E-state index is 0.176. The van der Waals surface area contributed by atoms with Gasteiger partial charge in [-0.25, -0.2) is 4.39 Å². The Balaban J connectivity index is 1.92. The van der Waals surface area contributed by atoms with E-state index in [-0.39, 0.29) is 5.82 Å². The Labute approximate surface area is 131 Å². The van der Waals surface area contributed by atoms with E-state index in [1.807, 2.05) is 54.6 Å². The second-order valence-corrected chi connectivity index (χ2v) is 5.51. The molecule has 0 spiro atoms. The summed E-state index contributed by atoms with van der Waals surface area (Å²) >= 11 is 0. The maximum absolute atomic E-state index is 14.5. The van der Waals surface area contributed by atoms with Crippen LogP contribution < -0.4 is 0 Å². The molecule has 0 amide bonds. The van der Waals surface area contributed by atoms with Crippen molar-refractivity contribution in [2.45, 2.75) is 19.8 Å². The normalized spacial score (nSPS) is 10.6. The second kappa shape index (κ2) is 6.57. The molecule has 0 aromatic heterocycles. The third-order valence-electron chi connectivity index (χ3n) is 3.88. The molecule has 0 N–H and O–H groups in total. The van der Waals surface area contributed by atoms with Crippen LogP contribution in [-0.2, 0) is 6.42 Å². The Kier molecular flexibility index (Phi) is 4.34. The summed E-state index contributed by atoms with van der Waals surface area (Å²) in [4.78, 5) is 0. The van der Waals surface area contributed by atoms with Crippen LogP contribution in [0.3, 0.4) is 0 Å². The van der Waals surface area contributed by atoms with Crippen molar-refractivity contribution >= 4 is 0 Å². The first-order chi connectivity index (χ1) is 10.8. The summed E-state index contributed by atoms with van der Waals surface area (Å²) in [6, 6.07) is 23.5. The van der Waals surface area contributed by atoms with E-state index in [1.54, 1.807) is 6.07 Å². The lowest BCUT2D eigenvalue weighted by Gasteiger charge is -2.08. The molecule has 0 aliphatic rings. The van der Waals surface area contributed by atoms with E-state index in [4.69, 9.17) is 0 Å². The van der Waals surface area contributed by atoms with Gasteiger partial charge in [0.15, 0.2) is 0 Å². The minimum atomic E-state index is -0.176. The topological polar surface area (TPSA) is 0 Å². The smallest absolute Gasteiger partial charge is 0.131 e. The highest BCUT2D eigenvalue weighted by Gasteiger charge is 2.07. The molecule has 3 rings (SSSR count). The fraction of sp³-hybridized carbons (Fsp3) is 0.143. The van der Waals surface area contributed by atoms with Crippen LogP contribution in [0.25, 0.3) is 22.3 Å². The molecule has 0 saturated heterocycles. The van der Waals surface area contributed by atoms with Gasteiger partial charge in [-0.15, -0.1) is 0 Å². The molecule has 1 heteroatoms. The van der Waals surface area contributed by atoms with Gasteiger partial charge in [0, 0.05) is 5.56 Å². The van der Waals surface area contributed by atoms with Crippen LogP contribution >= 0.6 is 0 Å². The quantitative estimate of drug-likeness (QED) is 0.543. The fourth-order valence-electron chi connectivity index (χ4n) is 2.70. The number of hydrogen-bond acceptors (Lipinski definition) is 0. The van der Waals surface area contributed by atoms with Gasteiger partial charge in [-0.3, -0.25) is 0 Å². The highest BCUT2D eigenvalue weighted by atomic mass is 19.1. The number of benzene rings is 3. The summed E-state index contributed by atoms with van der Waals surface area (Å²) < 4.78 is 14.5. The van der Waals surface area contributed by atoms with E-state index < -0.39 is 0 Å². The van der Waals surface area contributed by atoms with Crippen LogP contribution in [0.5, 0.6) is 0 Å². The molecular weight excluding hydrogens is 271 g/mol. The molecule has 22 heavy (non-hydrogen) atoms. The monoisotopic (exact) mass is 290 g/mol. The predicted octanol–water partition coefficient (Wildman–Crippen LogP) is 6.11. The highest BCUT2D eigenvalue weighted by molar-refractivity contribution is 5.71. The van der Waals surface area contributed by atoms with E-state index in [1.165, 1.54) is 5.56 Å². The summed E-state index contributed by atoms with van der Waals surface area (Å²) in [5, 5.41) is 0. The standard InChI is InChI=1S/C21H19F/c1-2-6-16-9-11-18(12-10-16)20-14-13-19(15-21(20)22)17-7-4-3-5-8-17/h3-5,7-15H,2,6H2,1H3. The van der Waals surface area contributed by atoms with Crippen LogP contribution in [0.1, 0.15) is 18.9 Å². The van der Waals surface area contributed by atoms with Crippen molar-refractivity contribution in [3.63, 3.8) is 0 Å². The van der Waals surface area contributed by atoms with Crippen molar-refractivity contribution in [2.75, 3.05) is 0 Å². The Morgan fingerprint density at radius 2 is 1.41 bits per heavy atom. The molecule has 0 nitrogen and oxygen atoms in total. The van der Waals surface area contributed by atoms with Gasteiger partial charge in [-0.05, 0) is 34.7 Å². The van der Waals surface area contributed by atoms with Gasteiger partial charge < -0.3 is 0 Å². The lowest BCUT2D eigenvalue weighted by molar-refractivity contribution is 0.632. The first-order valence-corrected chi connectivity index (χ1v) is 7.72. The Morgan fingerprint density at radius 3 is 2.05 bits per heavy atom. The third kappa shape index (κ3) is 3.09.